The Balaban J connectivity index is 0.000000720. The fraction of sp³-hybridized carbons (Fsp3) is 0.143. The third-order valence-electron chi connectivity index (χ3n) is 1.54. The molecule has 0 aliphatic carbocycles. The number of nitrogens with one attached hydrogen (secondary N) is 1. The molecule has 0 amide bonds. The van der Waals surface area contributed by atoms with Gasteiger partial charge in [-0.2, -0.15) is 15.4 Å². The maximum absolute atomic E-state index is 5.64. The summed E-state index contributed by atoms with van der Waals surface area (Å²) >= 11 is 5.64. The van der Waals surface area contributed by atoms with Crippen molar-refractivity contribution in [3.8, 4) is 0 Å². The Morgan fingerprint density at radius 1 is 1.25 bits per heavy atom. The van der Waals surface area contributed by atoms with E-state index in [1.54, 1.807) is 0 Å². The number of hydrogen-bond donors (Lipinski definition) is 1. The average molecular weight is 204 g/mol. The van der Waals surface area contributed by atoms with Crippen molar-refractivity contribution in [1.82, 2.24) is 15.4 Å². The number of nitrogens with zero attached hydrogens (tertiary/aromatic N) is 2. The van der Waals surface area contributed by atoms with Crippen molar-refractivity contribution >= 4 is 35.0 Å². The lowest BCUT2D eigenvalue weighted by atomic mass is 10.2. The molecule has 5 heteroatoms. The molecule has 0 aliphatic rings. The largest absolute Gasteiger partial charge is 0.197 e. The van der Waals surface area contributed by atoms with Gasteiger partial charge in [0.1, 0.15) is 11.0 Å². The van der Waals surface area contributed by atoms with Crippen LogP contribution in [0.4, 0.5) is 0 Å². The quantitative estimate of drug-likeness (QED) is 0.722. The summed E-state index contributed by atoms with van der Waals surface area (Å²) in [7, 11) is 0. The fourth-order valence-corrected chi connectivity index (χ4v) is 1.14. The predicted molar refractivity (Wildman–Crippen MR) is 50.7 cm³/mol. The molecule has 1 aromatic carbocycles. The standard InChI is InChI=1S/C7H6ClN3.ClH/c8-4-5-1-2-6-7(3-5)10-11-9-6;/h1-3H,4H2,(H,9,10,11);1H. The average Bonchev–Trinajstić information content (AvgIpc) is 2.50. The van der Waals surface area contributed by atoms with Gasteiger partial charge in [-0.3, -0.25) is 0 Å². The summed E-state index contributed by atoms with van der Waals surface area (Å²) in [5.74, 6) is 0.517. The zero-order valence-corrected chi connectivity index (χ0v) is 7.69. The molecule has 0 saturated heterocycles. The van der Waals surface area contributed by atoms with Gasteiger partial charge in [-0.15, -0.1) is 24.0 Å². The summed E-state index contributed by atoms with van der Waals surface area (Å²) in [4.78, 5) is 0. The Morgan fingerprint density at radius 2 is 2.00 bits per heavy atom. The molecule has 0 saturated carbocycles. The highest BCUT2D eigenvalue weighted by molar-refractivity contribution is 6.17. The number of halogens is 2. The maximum Gasteiger partial charge on any atom is 0.113 e. The van der Waals surface area contributed by atoms with Crippen LogP contribution in [0.1, 0.15) is 5.56 Å². The topological polar surface area (TPSA) is 41.6 Å². The van der Waals surface area contributed by atoms with Crippen LogP contribution in [0.2, 0.25) is 0 Å². The van der Waals surface area contributed by atoms with Gasteiger partial charge in [0, 0.05) is 5.88 Å². The van der Waals surface area contributed by atoms with Crippen LogP contribution in [-0.4, -0.2) is 15.4 Å². The first-order valence-corrected chi connectivity index (χ1v) is 3.79. The van der Waals surface area contributed by atoms with E-state index in [2.05, 4.69) is 15.4 Å². The third kappa shape index (κ3) is 1.52. The molecule has 2 rings (SSSR count). The van der Waals surface area contributed by atoms with E-state index in [4.69, 9.17) is 11.6 Å². The Bertz CT molecular complexity index is 371. The second kappa shape index (κ2) is 3.74. The third-order valence-corrected chi connectivity index (χ3v) is 1.84. The molecule has 1 N–H and O–H groups in total. The van der Waals surface area contributed by atoms with E-state index in [1.165, 1.54) is 0 Å². The van der Waals surface area contributed by atoms with Crippen molar-refractivity contribution in [2.24, 2.45) is 0 Å². The van der Waals surface area contributed by atoms with Gasteiger partial charge in [0.2, 0.25) is 0 Å². The smallest absolute Gasteiger partial charge is 0.113 e. The van der Waals surface area contributed by atoms with Crippen molar-refractivity contribution in [3.05, 3.63) is 23.8 Å². The normalized spacial score (nSPS) is 9.75. The van der Waals surface area contributed by atoms with E-state index in [0.29, 0.717) is 5.88 Å². The lowest BCUT2D eigenvalue weighted by Crippen LogP contribution is -1.76. The van der Waals surface area contributed by atoms with Gasteiger partial charge >= 0.3 is 0 Å². The molecule has 3 nitrogen and oxygen atoms in total. The molecule has 1 aromatic heterocycles. The minimum Gasteiger partial charge on any atom is -0.197 e. The molecule has 0 bridgehead atoms. The molecule has 0 aliphatic heterocycles. The Labute approximate surface area is 80.5 Å². The summed E-state index contributed by atoms with van der Waals surface area (Å²) < 4.78 is 0. The van der Waals surface area contributed by atoms with E-state index in [0.717, 1.165) is 16.6 Å². The van der Waals surface area contributed by atoms with E-state index in [9.17, 15) is 0 Å². The Morgan fingerprint density at radius 3 is 2.75 bits per heavy atom. The number of benzene rings is 1. The fourth-order valence-electron chi connectivity index (χ4n) is 0.969. The zero-order chi connectivity index (χ0) is 7.68. The highest BCUT2D eigenvalue weighted by atomic mass is 35.5. The first-order chi connectivity index (χ1) is 5.40. The van der Waals surface area contributed by atoms with Gasteiger partial charge in [0.05, 0.1) is 0 Å². The van der Waals surface area contributed by atoms with E-state index >= 15 is 0 Å². The summed E-state index contributed by atoms with van der Waals surface area (Å²) in [5.41, 5.74) is 2.80. The SMILES string of the molecule is Cl.ClCc1ccc2n[nH]nc2c1. The van der Waals surface area contributed by atoms with Crippen molar-refractivity contribution in [1.29, 1.82) is 0 Å². The van der Waals surface area contributed by atoms with Crippen LogP contribution in [-0.2, 0) is 5.88 Å². The number of rotatable bonds is 1. The molecular formula is C7H7Cl2N3. The lowest BCUT2D eigenvalue weighted by molar-refractivity contribution is 0.959. The number of alkyl halides is 1. The van der Waals surface area contributed by atoms with Crippen molar-refractivity contribution in [2.75, 3.05) is 0 Å². The van der Waals surface area contributed by atoms with E-state index in [-0.39, 0.29) is 12.4 Å². The second-order valence-electron chi connectivity index (χ2n) is 2.28. The number of aromatic amines is 1. The number of hydrogen-bond acceptors (Lipinski definition) is 2. The van der Waals surface area contributed by atoms with Crippen LogP contribution in [0.15, 0.2) is 18.2 Å². The van der Waals surface area contributed by atoms with Crippen LogP contribution in [0.3, 0.4) is 0 Å². The van der Waals surface area contributed by atoms with E-state index in [1.807, 2.05) is 18.2 Å². The predicted octanol–water partition coefficient (Wildman–Crippen LogP) is 2.12. The lowest BCUT2D eigenvalue weighted by Gasteiger charge is -1.91. The second-order valence-corrected chi connectivity index (χ2v) is 2.55. The molecule has 2 aromatic rings. The van der Waals surface area contributed by atoms with Crippen LogP contribution < -0.4 is 0 Å². The number of fused-ring (bicyclic) bond motifs is 1. The maximum atomic E-state index is 5.64. The monoisotopic (exact) mass is 203 g/mol. The molecule has 0 spiro atoms. The van der Waals surface area contributed by atoms with Crippen molar-refractivity contribution < 1.29 is 0 Å². The molecule has 1 heterocycles. The first kappa shape index (κ1) is 9.29. The van der Waals surface area contributed by atoms with Gasteiger partial charge in [0.15, 0.2) is 0 Å². The molecule has 0 atom stereocenters. The molecular weight excluding hydrogens is 197 g/mol. The highest BCUT2D eigenvalue weighted by Gasteiger charge is 1.97. The summed E-state index contributed by atoms with van der Waals surface area (Å²) in [6.07, 6.45) is 0. The number of aromatic nitrogens is 3. The molecule has 0 fully saturated rings. The van der Waals surface area contributed by atoms with Crippen LogP contribution in [0.5, 0.6) is 0 Å². The van der Waals surface area contributed by atoms with Crippen molar-refractivity contribution in [3.63, 3.8) is 0 Å². The van der Waals surface area contributed by atoms with Gasteiger partial charge in [-0.1, -0.05) is 6.07 Å². The zero-order valence-electron chi connectivity index (χ0n) is 6.12. The van der Waals surface area contributed by atoms with Gasteiger partial charge in [-0.05, 0) is 17.7 Å². The minimum absolute atomic E-state index is 0. The minimum atomic E-state index is 0. The Kier molecular flexibility index (Phi) is 2.89. The molecule has 64 valence electrons. The molecule has 12 heavy (non-hydrogen) atoms. The van der Waals surface area contributed by atoms with Gasteiger partial charge in [-0.25, -0.2) is 0 Å². The van der Waals surface area contributed by atoms with Crippen molar-refractivity contribution in [2.45, 2.75) is 5.88 Å². The van der Waals surface area contributed by atoms with Crippen LogP contribution in [0.25, 0.3) is 11.0 Å². The highest BCUT2D eigenvalue weighted by Crippen LogP contribution is 2.11. The summed E-state index contributed by atoms with van der Waals surface area (Å²) in [5, 5.41) is 10.4. The summed E-state index contributed by atoms with van der Waals surface area (Å²) in [6.45, 7) is 0. The number of H-pyrrole nitrogens is 1. The molecule has 0 radical (unpaired) electrons. The summed E-state index contributed by atoms with van der Waals surface area (Å²) in [6, 6.07) is 5.76. The first-order valence-electron chi connectivity index (χ1n) is 3.25. The Hall–Kier alpha value is -0.800. The van der Waals surface area contributed by atoms with Gasteiger partial charge in [0.25, 0.3) is 0 Å². The molecule has 0 unspecified atom stereocenters. The van der Waals surface area contributed by atoms with E-state index < -0.39 is 0 Å². The van der Waals surface area contributed by atoms with Crippen LogP contribution in [0, 0.1) is 0 Å². The van der Waals surface area contributed by atoms with Crippen LogP contribution >= 0.6 is 24.0 Å². The van der Waals surface area contributed by atoms with Gasteiger partial charge < -0.3 is 0 Å².